The normalized spacial score (nSPS) is 14.5. The Kier molecular flexibility index (Phi) is 7.52. The Morgan fingerprint density at radius 1 is 1.06 bits per heavy atom. The molecule has 9 heteroatoms. The number of hydrogen-bond donors (Lipinski definition) is 0. The minimum atomic E-state index is -0.226. The quantitative estimate of drug-likeness (QED) is 0.499. The Balaban J connectivity index is 1.39. The molecule has 0 bridgehead atoms. The van der Waals surface area contributed by atoms with Crippen LogP contribution in [0.1, 0.15) is 18.4 Å². The van der Waals surface area contributed by atoms with Crippen LogP contribution in [0.2, 0.25) is 0 Å². The molecule has 0 saturated carbocycles. The van der Waals surface area contributed by atoms with Gasteiger partial charge in [0.1, 0.15) is 5.52 Å². The van der Waals surface area contributed by atoms with Crippen LogP contribution >= 0.6 is 0 Å². The summed E-state index contributed by atoms with van der Waals surface area (Å²) in [5.41, 5.74) is 1.36. The summed E-state index contributed by atoms with van der Waals surface area (Å²) in [5.74, 6) is -0.00866. The first kappa shape index (κ1) is 22.0. The second kappa shape index (κ2) is 10.9. The highest BCUT2D eigenvalue weighted by molar-refractivity contribution is 5.77. The lowest BCUT2D eigenvalue weighted by Crippen LogP contribution is -2.39. The molecule has 2 aromatic heterocycles. The molecule has 1 aliphatic rings. The van der Waals surface area contributed by atoms with Crippen molar-refractivity contribution in [2.75, 3.05) is 39.4 Å². The number of pyridine rings is 1. The van der Waals surface area contributed by atoms with Gasteiger partial charge in [-0.15, -0.1) is 5.10 Å². The molecule has 168 valence electrons. The van der Waals surface area contributed by atoms with Crippen molar-refractivity contribution >= 4 is 16.8 Å². The zero-order chi connectivity index (χ0) is 22.2. The molecule has 3 heterocycles. The number of aryl methyl sites for hydroxylation is 1. The predicted molar refractivity (Wildman–Crippen MR) is 120 cm³/mol. The molecule has 0 atom stereocenters. The van der Waals surface area contributed by atoms with E-state index in [1.807, 2.05) is 23.1 Å². The van der Waals surface area contributed by atoms with Crippen molar-refractivity contribution in [2.24, 2.45) is 0 Å². The van der Waals surface area contributed by atoms with Crippen molar-refractivity contribution in [3.05, 3.63) is 64.7 Å². The Morgan fingerprint density at radius 3 is 2.66 bits per heavy atom. The van der Waals surface area contributed by atoms with Crippen LogP contribution in [0.3, 0.4) is 0 Å². The number of amides is 1. The van der Waals surface area contributed by atoms with Gasteiger partial charge in [0, 0.05) is 51.5 Å². The average Bonchev–Trinajstić information content (AvgIpc) is 2.84. The smallest absolute Gasteiger partial charge is 0.277 e. The van der Waals surface area contributed by atoms with Crippen LogP contribution in [-0.2, 0) is 22.6 Å². The number of aromatic nitrogens is 4. The molecule has 0 N–H and O–H groups in total. The van der Waals surface area contributed by atoms with Crippen molar-refractivity contribution in [3.63, 3.8) is 0 Å². The molecule has 0 aliphatic carbocycles. The largest absolute Gasteiger partial charge is 0.379 e. The summed E-state index contributed by atoms with van der Waals surface area (Å²) in [6.07, 6.45) is 4.54. The van der Waals surface area contributed by atoms with Gasteiger partial charge in [-0.3, -0.25) is 19.5 Å². The van der Waals surface area contributed by atoms with Gasteiger partial charge >= 0.3 is 0 Å². The number of hydrogen-bond acceptors (Lipinski definition) is 7. The molecule has 1 saturated heterocycles. The van der Waals surface area contributed by atoms with E-state index in [1.165, 1.54) is 4.68 Å². The second-order valence-electron chi connectivity index (χ2n) is 7.86. The van der Waals surface area contributed by atoms with Gasteiger partial charge in [-0.05, 0) is 36.2 Å². The van der Waals surface area contributed by atoms with E-state index >= 15 is 0 Å². The fraction of sp³-hybridized carbons (Fsp3) is 0.435. The summed E-state index contributed by atoms with van der Waals surface area (Å²) in [6, 6.07) is 10.9. The monoisotopic (exact) mass is 436 g/mol. The van der Waals surface area contributed by atoms with E-state index in [1.54, 1.807) is 30.6 Å². The van der Waals surface area contributed by atoms with Gasteiger partial charge in [-0.25, -0.2) is 4.68 Å². The van der Waals surface area contributed by atoms with E-state index in [2.05, 4.69) is 20.2 Å². The Morgan fingerprint density at radius 2 is 1.84 bits per heavy atom. The van der Waals surface area contributed by atoms with Crippen LogP contribution in [-0.4, -0.2) is 75.1 Å². The number of ether oxygens (including phenoxy) is 1. The van der Waals surface area contributed by atoms with Gasteiger partial charge in [-0.2, -0.15) is 0 Å². The third kappa shape index (κ3) is 5.74. The van der Waals surface area contributed by atoms with Crippen LogP contribution in [0, 0.1) is 0 Å². The lowest BCUT2D eigenvalue weighted by molar-refractivity contribution is -0.132. The highest BCUT2D eigenvalue weighted by Gasteiger charge is 2.17. The standard InChI is InChI=1S/C23H28N6O3/c30-22(8-13-29-23(31)20-4-1-2-5-21(20)25-26-29)28(18-19-6-9-24-10-7-19)12-3-11-27-14-16-32-17-15-27/h1-2,4-7,9-10H,3,8,11-18H2. The van der Waals surface area contributed by atoms with E-state index < -0.39 is 0 Å². The number of carbonyl (C=O) groups is 1. The molecule has 0 spiro atoms. The molecule has 1 aromatic carbocycles. The fourth-order valence-electron chi connectivity index (χ4n) is 3.84. The molecule has 0 radical (unpaired) electrons. The fourth-order valence-corrected chi connectivity index (χ4v) is 3.84. The summed E-state index contributed by atoms with van der Waals surface area (Å²) in [4.78, 5) is 34.0. The maximum absolute atomic E-state index is 13.1. The van der Waals surface area contributed by atoms with Crippen molar-refractivity contribution in [1.82, 2.24) is 29.8 Å². The Hall–Kier alpha value is -3.17. The minimum absolute atomic E-state index is 0.00866. The molecule has 4 rings (SSSR count). The third-order valence-electron chi connectivity index (χ3n) is 5.65. The van der Waals surface area contributed by atoms with Crippen LogP contribution < -0.4 is 5.56 Å². The summed E-state index contributed by atoms with van der Waals surface area (Å²) in [5, 5.41) is 8.61. The lowest BCUT2D eigenvalue weighted by Gasteiger charge is -2.28. The highest BCUT2D eigenvalue weighted by atomic mass is 16.5. The van der Waals surface area contributed by atoms with Crippen molar-refractivity contribution < 1.29 is 9.53 Å². The first-order valence-corrected chi connectivity index (χ1v) is 11.0. The topological polar surface area (TPSA) is 93.4 Å². The number of morpholine rings is 1. The summed E-state index contributed by atoms with van der Waals surface area (Å²) >= 11 is 0. The second-order valence-corrected chi connectivity index (χ2v) is 7.86. The van der Waals surface area contributed by atoms with Crippen molar-refractivity contribution in [3.8, 4) is 0 Å². The maximum Gasteiger partial charge on any atom is 0.277 e. The number of fused-ring (bicyclic) bond motifs is 1. The first-order chi connectivity index (χ1) is 15.7. The number of benzene rings is 1. The molecule has 1 aliphatic heterocycles. The lowest BCUT2D eigenvalue weighted by atomic mass is 10.2. The maximum atomic E-state index is 13.1. The number of carbonyl (C=O) groups excluding carboxylic acids is 1. The summed E-state index contributed by atoms with van der Waals surface area (Å²) in [6.45, 7) is 5.69. The minimum Gasteiger partial charge on any atom is -0.379 e. The van der Waals surface area contributed by atoms with Gasteiger partial charge in [-0.1, -0.05) is 17.3 Å². The summed E-state index contributed by atoms with van der Waals surface area (Å²) < 4.78 is 6.68. The van der Waals surface area contributed by atoms with E-state index in [0.29, 0.717) is 24.0 Å². The van der Waals surface area contributed by atoms with E-state index in [4.69, 9.17) is 4.74 Å². The van der Waals surface area contributed by atoms with E-state index in [-0.39, 0.29) is 24.4 Å². The average molecular weight is 437 g/mol. The number of nitrogens with zero attached hydrogens (tertiary/aromatic N) is 6. The molecular formula is C23H28N6O3. The molecule has 0 unspecified atom stereocenters. The molecular weight excluding hydrogens is 408 g/mol. The Bertz CT molecular complexity index is 1080. The van der Waals surface area contributed by atoms with E-state index in [9.17, 15) is 9.59 Å². The molecule has 3 aromatic rings. The third-order valence-corrected chi connectivity index (χ3v) is 5.65. The van der Waals surface area contributed by atoms with Crippen LogP contribution in [0.25, 0.3) is 10.9 Å². The van der Waals surface area contributed by atoms with Crippen LogP contribution in [0.4, 0.5) is 0 Å². The predicted octanol–water partition coefficient (Wildman–Crippen LogP) is 1.33. The molecule has 9 nitrogen and oxygen atoms in total. The molecule has 1 fully saturated rings. The van der Waals surface area contributed by atoms with Gasteiger partial charge in [0.15, 0.2) is 0 Å². The molecule has 32 heavy (non-hydrogen) atoms. The van der Waals surface area contributed by atoms with E-state index in [0.717, 1.165) is 44.8 Å². The van der Waals surface area contributed by atoms with Crippen LogP contribution in [0.5, 0.6) is 0 Å². The summed E-state index contributed by atoms with van der Waals surface area (Å²) in [7, 11) is 0. The molecule has 1 amide bonds. The zero-order valence-corrected chi connectivity index (χ0v) is 18.1. The van der Waals surface area contributed by atoms with Gasteiger partial charge in [0.25, 0.3) is 5.56 Å². The van der Waals surface area contributed by atoms with Crippen LogP contribution in [0.15, 0.2) is 53.6 Å². The van der Waals surface area contributed by atoms with Gasteiger partial charge in [0.2, 0.25) is 5.91 Å². The van der Waals surface area contributed by atoms with Gasteiger partial charge in [0.05, 0.1) is 25.1 Å². The highest BCUT2D eigenvalue weighted by Crippen LogP contribution is 2.09. The first-order valence-electron chi connectivity index (χ1n) is 11.0. The zero-order valence-electron chi connectivity index (χ0n) is 18.1. The van der Waals surface area contributed by atoms with Crippen molar-refractivity contribution in [1.29, 1.82) is 0 Å². The Labute approximate surface area is 186 Å². The SMILES string of the molecule is O=C(CCn1nnc2ccccc2c1=O)N(CCCN1CCOCC1)Cc1ccncc1. The van der Waals surface area contributed by atoms with Gasteiger partial charge < -0.3 is 9.64 Å². The number of rotatable bonds is 9. The van der Waals surface area contributed by atoms with Crippen molar-refractivity contribution in [2.45, 2.75) is 25.9 Å².